The molecule has 0 amide bonds. The van der Waals surface area contributed by atoms with E-state index in [9.17, 15) is 0 Å². The van der Waals surface area contributed by atoms with Crippen LogP contribution in [0.3, 0.4) is 0 Å². The minimum absolute atomic E-state index is 0.275. The van der Waals surface area contributed by atoms with Crippen LogP contribution in [0.5, 0.6) is 0 Å². The highest BCUT2D eigenvalue weighted by atomic mass is 15.1. The van der Waals surface area contributed by atoms with Crippen LogP contribution < -0.4 is 9.80 Å². The van der Waals surface area contributed by atoms with Gasteiger partial charge < -0.3 is 14.7 Å². The van der Waals surface area contributed by atoms with Crippen molar-refractivity contribution >= 4 is 11.4 Å². The highest BCUT2D eigenvalue weighted by molar-refractivity contribution is 5.53. The highest BCUT2D eigenvalue weighted by Gasteiger charge is 2.26. The van der Waals surface area contributed by atoms with Gasteiger partial charge in [-0.15, -0.1) is 0 Å². The summed E-state index contributed by atoms with van der Waals surface area (Å²) in [6.45, 7) is 2.36. The first-order chi connectivity index (χ1) is 13.8. The van der Waals surface area contributed by atoms with E-state index in [0.29, 0.717) is 5.92 Å². The number of nitrogens with zero attached hydrogens (tertiary/aromatic N) is 3. The number of anilines is 2. The molecule has 0 N–H and O–H groups in total. The molecule has 1 atom stereocenters. The highest BCUT2D eigenvalue weighted by Crippen LogP contribution is 2.41. The summed E-state index contributed by atoms with van der Waals surface area (Å²) in [7, 11) is 12.6. The maximum Gasteiger partial charge on any atom is 0.0361 e. The molecule has 0 saturated heterocycles. The maximum absolute atomic E-state index is 2.36. The summed E-state index contributed by atoms with van der Waals surface area (Å²) >= 11 is 0. The fourth-order valence-corrected chi connectivity index (χ4v) is 4.08. The van der Waals surface area contributed by atoms with Crippen molar-refractivity contribution in [2.45, 2.75) is 19.3 Å². The van der Waals surface area contributed by atoms with Gasteiger partial charge in [0, 0.05) is 65.3 Å². The quantitative estimate of drug-likeness (QED) is 0.658. The predicted molar refractivity (Wildman–Crippen MR) is 127 cm³/mol. The third-order valence-electron chi connectivity index (χ3n) is 5.95. The Hall–Kier alpha value is -2.68. The second-order valence-corrected chi connectivity index (χ2v) is 8.73. The van der Waals surface area contributed by atoms with Crippen molar-refractivity contribution in [2.24, 2.45) is 5.92 Å². The van der Waals surface area contributed by atoms with E-state index in [2.05, 4.69) is 125 Å². The lowest BCUT2D eigenvalue weighted by Gasteiger charge is -2.32. The smallest absolute Gasteiger partial charge is 0.0361 e. The third-order valence-corrected chi connectivity index (χ3v) is 5.95. The SMILES string of the molecule is CC1CC(N(C)C)=CC=C1C(c1ccc(N(C)C)cc1)c1ccc(N(C)C)cc1. The molecule has 0 radical (unpaired) electrons. The summed E-state index contributed by atoms with van der Waals surface area (Å²) in [6, 6.07) is 18.1. The maximum atomic E-state index is 2.36. The molecule has 0 fully saturated rings. The minimum atomic E-state index is 0.275. The van der Waals surface area contributed by atoms with Crippen molar-refractivity contribution in [3.8, 4) is 0 Å². The van der Waals surface area contributed by atoms with E-state index in [1.54, 1.807) is 0 Å². The van der Waals surface area contributed by atoms with Gasteiger partial charge in [0.2, 0.25) is 0 Å². The molecule has 0 bridgehead atoms. The summed E-state index contributed by atoms with van der Waals surface area (Å²) < 4.78 is 0. The van der Waals surface area contributed by atoms with Gasteiger partial charge in [0.1, 0.15) is 0 Å². The molecule has 0 aliphatic heterocycles. The monoisotopic (exact) mass is 389 g/mol. The summed E-state index contributed by atoms with van der Waals surface area (Å²) in [5.74, 6) is 0.779. The zero-order chi connectivity index (χ0) is 21.1. The van der Waals surface area contributed by atoms with Crippen LogP contribution in [0.1, 0.15) is 30.4 Å². The van der Waals surface area contributed by atoms with Gasteiger partial charge in [-0.25, -0.2) is 0 Å². The van der Waals surface area contributed by atoms with E-state index in [1.807, 2.05) is 0 Å². The normalized spacial score (nSPS) is 16.3. The van der Waals surface area contributed by atoms with E-state index < -0.39 is 0 Å². The largest absolute Gasteiger partial charge is 0.381 e. The van der Waals surface area contributed by atoms with Crippen LogP contribution in [-0.2, 0) is 0 Å². The number of rotatable bonds is 6. The molecule has 154 valence electrons. The number of hydrogen-bond donors (Lipinski definition) is 0. The Morgan fingerprint density at radius 1 is 0.655 bits per heavy atom. The lowest BCUT2D eigenvalue weighted by atomic mass is 9.76. The molecule has 0 saturated carbocycles. The van der Waals surface area contributed by atoms with Crippen LogP contribution in [0.4, 0.5) is 11.4 Å². The van der Waals surface area contributed by atoms with Gasteiger partial charge in [0.15, 0.2) is 0 Å². The lowest BCUT2D eigenvalue weighted by Crippen LogP contribution is -2.20. The fourth-order valence-electron chi connectivity index (χ4n) is 4.08. The Kier molecular flexibility index (Phi) is 6.36. The van der Waals surface area contributed by atoms with E-state index >= 15 is 0 Å². The third kappa shape index (κ3) is 4.67. The van der Waals surface area contributed by atoms with Crippen molar-refractivity contribution in [1.29, 1.82) is 0 Å². The molecule has 1 aliphatic rings. The molecule has 3 rings (SSSR count). The summed E-state index contributed by atoms with van der Waals surface area (Å²) in [6.07, 6.45) is 5.74. The van der Waals surface area contributed by atoms with Crippen LogP contribution in [-0.4, -0.2) is 47.2 Å². The predicted octanol–water partition coefficient (Wildman–Crippen LogP) is 5.36. The van der Waals surface area contributed by atoms with Crippen LogP contribution in [0.25, 0.3) is 0 Å². The summed E-state index contributed by atoms with van der Waals surface area (Å²) in [4.78, 5) is 6.54. The Morgan fingerprint density at radius 2 is 1.10 bits per heavy atom. The van der Waals surface area contributed by atoms with Gasteiger partial charge in [-0.05, 0) is 53.8 Å². The molecule has 1 unspecified atom stereocenters. The number of allylic oxidation sites excluding steroid dienone is 4. The summed E-state index contributed by atoms with van der Waals surface area (Å²) in [5.41, 5.74) is 8.06. The average molecular weight is 390 g/mol. The van der Waals surface area contributed by atoms with E-state index in [-0.39, 0.29) is 5.92 Å². The van der Waals surface area contributed by atoms with Gasteiger partial charge >= 0.3 is 0 Å². The van der Waals surface area contributed by atoms with Gasteiger partial charge in [-0.1, -0.05) is 42.8 Å². The minimum Gasteiger partial charge on any atom is -0.381 e. The molecule has 3 heteroatoms. The molecule has 0 spiro atoms. The Labute approximate surface area is 176 Å². The molecule has 3 nitrogen and oxygen atoms in total. The lowest BCUT2D eigenvalue weighted by molar-refractivity contribution is 0.449. The van der Waals surface area contributed by atoms with Gasteiger partial charge in [0.25, 0.3) is 0 Å². The molecule has 2 aromatic rings. The number of benzene rings is 2. The van der Waals surface area contributed by atoms with Crippen LogP contribution >= 0.6 is 0 Å². The second kappa shape index (κ2) is 8.77. The molecular formula is C26H35N3. The molecule has 1 aliphatic carbocycles. The Bertz CT molecular complexity index is 820. The van der Waals surface area contributed by atoms with Crippen LogP contribution in [0.2, 0.25) is 0 Å². The van der Waals surface area contributed by atoms with Gasteiger partial charge in [-0.3, -0.25) is 0 Å². The molecular weight excluding hydrogens is 354 g/mol. The molecule has 0 heterocycles. The second-order valence-electron chi connectivity index (χ2n) is 8.73. The van der Waals surface area contributed by atoms with E-state index in [1.165, 1.54) is 33.8 Å². The first-order valence-electron chi connectivity index (χ1n) is 10.4. The first-order valence-corrected chi connectivity index (χ1v) is 10.4. The Morgan fingerprint density at radius 3 is 1.45 bits per heavy atom. The van der Waals surface area contributed by atoms with Crippen molar-refractivity contribution in [3.63, 3.8) is 0 Å². The summed E-state index contributed by atoms with van der Waals surface area (Å²) in [5, 5.41) is 0. The fraction of sp³-hybridized carbons (Fsp3) is 0.385. The standard InChI is InChI=1S/C26H35N3/c1-19-18-24(29(6)7)16-17-25(19)26(20-8-12-22(13-9-20)27(2)3)21-10-14-23(15-11-21)28(4)5/h8-17,19,26H,18H2,1-7H3. The zero-order valence-corrected chi connectivity index (χ0v) is 19.0. The van der Waals surface area contributed by atoms with E-state index in [0.717, 1.165) is 6.42 Å². The van der Waals surface area contributed by atoms with Crippen molar-refractivity contribution in [2.75, 3.05) is 52.1 Å². The number of hydrogen-bond acceptors (Lipinski definition) is 3. The molecule has 2 aromatic carbocycles. The van der Waals surface area contributed by atoms with Crippen molar-refractivity contribution < 1.29 is 0 Å². The Balaban J connectivity index is 2.06. The molecule has 0 aromatic heterocycles. The van der Waals surface area contributed by atoms with Gasteiger partial charge in [0.05, 0.1) is 0 Å². The van der Waals surface area contributed by atoms with Crippen LogP contribution in [0.15, 0.2) is 72.0 Å². The van der Waals surface area contributed by atoms with Crippen molar-refractivity contribution in [1.82, 2.24) is 4.90 Å². The topological polar surface area (TPSA) is 9.72 Å². The zero-order valence-electron chi connectivity index (χ0n) is 19.0. The van der Waals surface area contributed by atoms with Gasteiger partial charge in [-0.2, -0.15) is 0 Å². The molecule has 29 heavy (non-hydrogen) atoms. The van der Waals surface area contributed by atoms with E-state index in [4.69, 9.17) is 0 Å². The first kappa shape index (κ1) is 21.0. The van der Waals surface area contributed by atoms with Crippen molar-refractivity contribution in [3.05, 3.63) is 83.1 Å². The average Bonchev–Trinajstić information content (AvgIpc) is 2.70. The van der Waals surface area contributed by atoms with Crippen LogP contribution in [0, 0.1) is 5.92 Å².